The molecule has 2 rings (SSSR count). The van der Waals surface area contributed by atoms with E-state index in [1.165, 1.54) is 30.3 Å². The number of carbonyl (C=O) groups is 2. The van der Waals surface area contributed by atoms with Crippen LogP contribution in [-0.2, 0) is 0 Å². The van der Waals surface area contributed by atoms with Crippen molar-refractivity contribution in [2.45, 2.75) is 0 Å². The van der Waals surface area contributed by atoms with Crippen LogP contribution in [0.5, 0.6) is 5.75 Å². The van der Waals surface area contributed by atoms with E-state index in [0.717, 1.165) is 12.1 Å². The minimum Gasteiger partial charge on any atom is -0.506 e. The molecule has 108 valence electrons. The molecule has 0 atom stereocenters. The van der Waals surface area contributed by atoms with Gasteiger partial charge in [-0.2, -0.15) is 0 Å². The van der Waals surface area contributed by atoms with Gasteiger partial charge in [-0.3, -0.25) is 20.4 Å². The molecule has 0 saturated carbocycles. The minimum absolute atomic E-state index is 0.0208. The number of halogens is 2. The lowest BCUT2D eigenvalue weighted by molar-refractivity contribution is 0.0846. The standard InChI is InChI=1S/C14H10ClFN2O3/c15-11-7-9(3-6-12(11)19)14(21)18-17-13(20)8-1-4-10(16)5-2-8/h1-7,19H,(H,17,20)(H,18,21). The summed E-state index contributed by atoms with van der Waals surface area (Å²) < 4.78 is 12.7. The number of benzene rings is 2. The molecule has 2 aromatic carbocycles. The van der Waals surface area contributed by atoms with Gasteiger partial charge in [-0.25, -0.2) is 4.39 Å². The highest BCUT2D eigenvalue weighted by Gasteiger charge is 2.10. The maximum atomic E-state index is 12.7. The Bertz CT molecular complexity index is 689. The van der Waals surface area contributed by atoms with Crippen LogP contribution in [0.25, 0.3) is 0 Å². The van der Waals surface area contributed by atoms with E-state index in [9.17, 15) is 19.1 Å². The van der Waals surface area contributed by atoms with Crippen molar-refractivity contribution in [1.82, 2.24) is 10.9 Å². The molecule has 2 amide bonds. The van der Waals surface area contributed by atoms with Gasteiger partial charge in [0.05, 0.1) is 5.02 Å². The quantitative estimate of drug-likeness (QED) is 0.745. The number of hydrogen-bond donors (Lipinski definition) is 3. The van der Waals surface area contributed by atoms with Gasteiger partial charge in [0.1, 0.15) is 11.6 Å². The number of hydrazine groups is 1. The Hall–Kier alpha value is -2.60. The number of rotatable bonds is 2. The predicted molar refractivity (Wildman–Crippen MR) is 74.4 cm³/mol. The van der Waals surface area contributed by atoms with E-state index in [4.69, 9.17) is 11.6 Å². The predicted octanol–water partition coefficient (Wildman–Crippen LogP) is 2.26. The number of nitrogens with one attached hydrogen (secondary N) is 2. The van der Waals surface area contributed by atoms with Crippen LogP contribution in [0.1, 0.15) is 20.7 Å². The largest absolute Gasteiger partial charge is 0.506 e. The molecule has 0 spiro atoms. The molecule has 2 aromatic rings. The Morgan fingerprint density at radius 1 is 0.952 bits per heavy atom. The van der Waals surface area contributed by atoms with Crippen molar-refractivity contribution in [3.8, 4) is 5.75 Å². The van der Waals surface area contributed by atoms with E-state index in [1.54, 1.807) is 0 Å². The van der Waals surface area contributed by atoms with Gasteiger partial charge in [0.2, 0.25) is 0 Å². The number of carbonyl (C=O) groups excluding carboxylic acids is 2. The maximum Gasteiger partial charge on any atom is 0.269 e. The zero-order valence-corrected chi connectivity index (χ0v) is 11.3. The first-order chi connectivity index (χ1) is 9.97. The van der Waals surface area contributed by atoms with E-state index in [2.05, 4.69) is 10.9 Å². The molecular weight excluding hydrogens is 299 g/mol. The van der Waals surface area contributed by atoms with Crippen LogP contribution in [0, 0.1) is 5.82 Å². The zero-order valence-electron chi connectivity index (χ0n) is 10.6. The molecule has 0 unspecified atom stereocenters. The molecule has 0 radical (unpaired) electrons. The van der Waals surface area contributed by atoms with Crippen molar-refractivity contribution in [1.29, 1.82) is 0 Å². The fourth-order valence-corrected chi connectivity index (χ4v) is 1.69. The third kappa shape index (κ3) is 3.70. The average Bonchev–Trinajstić information content (AvgIpc) is 2.48. The number of phenolic OH excluding ortho intramolecular Hbond substituents is 1. The molecule has 0 aliphatic carbocycles. The van der Waals surface area contributed by atoms with Crippen LogP contribution >= 0.6 is 11.6 Å². The third-order valence-electron chi connectivity index (χ3n) is 2.61. The van der Waals surface area contributed by atoms with E-state index in [-0.39, 0.29) is 21.9 Å². The minimum atomic E-state index is -0.604. The SMILES string of the molecule is O=C(NNC(=O)c1ccc(O)c(Cl)c1)c1ccc(F)cc1. The van der Waals surface area contributed by atoms with Crippen LogP contribution in [-0.4, -0.2) is 16.9 Å². The zero-order chi connectivity index (χ0) is 15.4. The van der Waals surface area contributed by atoms with Crippen LogP contribution in [0.2, 0.25) is 5.02 Å². The van der Waals surface area contributed by atoms with Crippen molar-refractivity contribution in [3.05, 3.63) is 64.4 Å². The fourth-order valence-electron chi connectivity index (χ4n) is 1.51. The normalized spacial score (nSPS) is 10.0. The van der Waals surface area contributed by atoms with Crippen molar-refractivity contribution >= 4 is 23.4 Å². The molecule has 5 nitrogen and oxygen atoms in total. The summed E-state index contributed by atoms with van der Waals surface area (Å²) >= 11 is 5.68. The molecule has 0 aliphatic rings. The molecule has 0 aliphatic heterocycles. The second-order valence-corrected chi connectivity index (χ2v) is 4.49. The van der Waals surface area contributed by atoms with E-state index in [0.29, 0.717) is 0 Å². The Morgan fingerprint density at radius 2 is 1.48 bits per heavy atom. The lowest BCUT2D eigenvalue weighted by atomic mass is 10.2. The summed E-state index contributed by atoms with van der Waals surface area (Å²) in [6.45, 7) is 0. The molecular formula is C14H10ClFN2O3. The van der Waals surface area contributed by atoms with Crippen LogP contribution in [0.15, 0.2) is 42.5 Å². The molecule has 0 heterocycles. The fraction of sp³-hybridized carbons (Fsp3) is 0. The van der Waals surface area contributed by atoms with E-state index >= 15 is 0 Å². The summed E-state index contributed by atoms with van der Waals surface area (Å²) in [5.41, 5.74) is 4.73. The highest BCUT2D eigenvalue weighted by Crippen LogP contribution is 2.23. The Labute approximate surface area is 124 Å². The third-order valence-corrected chi connectivity index (χ3v) is 2.91. The first kappa shape index (κ1) is 14.8. The van der Waals surface area contributed by atoms with Gasteiger partial charge in [-0.1, -0.05) is 11.6 Å². The molecule has 21 heavy (non-hydrogen) atoms. The van der Waals surface area contributed by atoms with E-state index in [1.807, 2.05) is 0 Å². The first-order valence-corrected chi connectivity index (χ1v) is 6.20. The number of phenols is 1. The van der Waals surface area contributed by atoms with Crippen molar-refractivity contribution < 1.29 is 19.1 Å². The summed E-state index contributed by atoms with van der Waals surface area (Å²) in [6, 6.07) is 8.71. The number of hydrogen-bond acceptors (Lipinski definition) is 3. The summed E-state index contributed by atoms with van der Waals surface area (Å²) in [6.07, 6.45) is 0. The summed E-state index contributed by atoms with van der Waals surface area (Å²) in [7, 11) is 0. The smallest absolute Gasteiger partial charge is 0.269 e. The summed E-state index contributed by atoms with van der Waals surface area (Å²) in [4.78, 5) is 23.5. The number of aromatic hydroxyl groups is 1. The lowest BCUT2D eigenvalue weighted by Crippen LogP contribution is -2.41. The topological polar surface area (TPSA) is 78.4 Å². The van der Waals surface area contributed by atoms with Crippen molar-refractivity contribution in [3.63, 3.8) is 0 Å². The first-order valence-electron chi connectivity index (χ1n) is 5.82. The molecule has 3 N–H and O–H groups in total. The van der Waals surface area contributed by atoms with Gasteiger partial charge in [0, 0.05) is 11.1 Å². The Kier molecular flexibility index (Phi) is 4.39. The van der Waals surface area contributed by atoms with Gasteiger partial charge in [-0.05, 0) is 42.5 Å². The molecule has 0 saturated heterocycles. The van der Waals surface area contributed by atoms with Gasteiger partial charge in [0.25, 0.3) is 11.8 Å². The molecule has 0 bridgehead atoms. The summed E-state index contributed by atoms with van der Waals surface area (Å²) in [5, 5.41) is 9.27. The van der Waals surface area contributed by atoms with Crippen LogP contribution < -0.4 is 10.9 Å². The van der Waals surface area contributed by atoms with Crippen LogP contribution in [0.3, 0.4) is 0 Å². The Morgan fingerprint density at radius 3 is 2.05 bits per heavy atom. The Balaban J connectivity index is 1.98. The van der Waals surface area contributed by atoms with Crippen molar-refractivity contribution in [2.24, 2.45) is 0 Å². The van der Waals surface area contributed by atoms with Crippen molar-refractivity contribution in [2.75, 3.05) is 0 Å². The van der Waals surface area contributed by atoms with Gasteiger partial charge >= 0.3 is 0 Å². The number of amides is 2. The van der Waals surface area contributed by atoms with Gasteiger partial charge < -0.3 is 5.11 Å². The lowest BCUT2D eigenvalue weighted by Gasteiger charge is -2.08. The maximum absolute atomic E-state index is 12.7. The molecule has 0 fully saturated rings. The molecule has 7 heteroatoms. The second kappa shape index (κ2) is 6.23. The van der Waals surface area contributed by atoms with Gasteiger partial charge in [0.15, 0.2) is 0 Å². The average molecular weight is 309 g/mol. The van der Waals surface area contributed by atoms with Gasteiger partial charge in [-0.15, -0.1) is 0 Å². The van der Waals surface area contributed by atoms with E-state index < -0.39 is 17.6 Å². The summed E-state index contributed by atoms with van der Waals surface area (Å²) in [5.74, 6) is -1.81. The molecule has 0 aromatic heterocycles. The monoisotopic (exact) mass is 308 g/mol. The highest BCUT2D eigenvalue weighted by molar-refractivity contribution is 6.32. The van der Waals surface area contributed by atoms with Crippen LogP contribution in [0.4, 0.5) is 4.39 Å². The second-order valence-electron chi connectivity index (χ2n) is 4.08. The highest BCUT2D eigenvalue weighted by atomic mass is 35.5.